The molecule has 0 aliphatic heterocycles. The van der Waals surface area contributed by atoms with Crippen molar-refractivity contribution in [2.75, 3.05) is 0 Å². The molecule has 0 saturated heterocycles. The number of carbonyl (C=O) groups is 1. The van der Waals surface area contributed by atoms with Crippen molar-refractivity contribution in [2.24, 2.45) is 10.9 Å². The maximum Gasteiger partial charge on any atom is 0.254 e. The Balaban J connectivity index is 2.17. The zero-order valence-corrected chi connectivity index (χ0v) is 8.61. The fraction of sp³-hybridized carbons (Fsp3) is 0.800. The standard InChI is InChI=1S/C10H15NOS/c12-10(11-8-13)7-6-9-4-2-1-3-5-9/h9H,1-7H2. The van der Waals surface area contributed by atoms with E-state index >= 15 is 0 Å². The van der Waals surface area contributed by atoms with Gasteiger partial charge in [0.25, 0.3) is 5.91 Å². The van der Waals surface area contributed by atoms with E-state index in [0.717, 1.165) is 12.3 Å². The summed E-state index contributed by atoms with van der Waals surface area (Å²) in [5.41, 5.74) is 0. The third-order valence-corrected chi connectivity index (χ3v) is 2.75. The number of aliphatic imine (C=N–C) groups is 1. The Labute approximate surface area is 84.4 Å². The van der Waals surface area contributed by atoms with Crippen LogP contribution in [0.1, 0.15) is 44.9 Å². The smallest absolute Gasteiger partial charge is 0.254 e. The number of hydrogen-bond donors (Lipinski definition) is 0. The summed E-state index contributed by atoms with van der Waals surface area (Å²) in [4.78, 5) is 14.4. The lowest BCUT2D eigenvalue weighted by Gasteiger charge is -2.20. The van der Waals surface area contributed by atoms with Gasteiger partial charge in [0.15, 0.2) is 0 Å². The fourth-order valence-corrected chi connectivity index (χ4v) is 2.01. The molecule has 2 nitrogen and oxygen atoms in total. The van der Waals surface area contributed by atoms with Gasteiger partial charge in [0, 0.05) is 6.42 Å². The molecule has 0 N–H and O–H groups in total. The molecule has 1 fully saturated rings. The van der Waals surface area contributed by atoms with Gasteiger partial charge in [0.2, 0.25) is 0 Å². The van der Waals surface area contributed by atoms with Gasteiger partial charge in [-0.1, -0.05) is 32.1 Å². The minimum absolute atomic E-state index is 0.111. The van der Waals surface area contributed by atoms with Crippen LogP contribution < -0.4 is 0 Å². The maximum atomic E-state index is 11.0. The lowest BCUT2D eigenvalue weighted by Crippen LogP contribution is -2.07. The van der Waals surface area contributed by atoms with Crippen molar-refractivity contribution in [1.82, 2.24) is 0 Å². The van der Waals surface area contributed by atoms with Crippen LogP contribution >= 0.6 is 12.2 Å². The van der Waals surface area contributed by atoms with Crippen LogP contribution in [0.15, 0.2) is 4.99 Å². The number of rotatable bonds is 3. The van der Waals surface area contributed by atoms with Crippen LogP contribution in [0.2, 0.25) is 0 Å². The highest BCUT2D eigenvalue weighted by Gasteiger charge is 2.14. The molecular formula is C10H15NOS. The normalized spacial score (nSPS) is 17.8. The third-order valence-electron chi connectivity index (χ3n) is 2.66. The summed E-state index contributed by atoms with van der Waals surface area (Å²) >= 11 is 4.36. The van der Waals surface area contributed by atoms with E-state index in [1.54, 1.807) is 0 Å². The minimum Gasteiger partial charge on any atom is -0.272 e. The Morgan fingerprint density at radius 1 is 1.38 bits per heavy atom. The van der Waals surface area contributed by atoms with Crippen LogP contribution in [-0.2, 0) is 4.79 Å². The maximum absolute atomic E-state index is 11.0. The summed E-state index contributed by atoms with van der Waals surface area (Å²) in [5, 5.41) is 2.11. The molecule has 1 amide bonds. The number of carbonyl (C=O) groups excluding carboxylic acids is 1. The molecule has 1 saturated carbocycles. The molecule has 0 heterocycles. The molecule has 0 bridgehead atoms. The number of thiocarbonyl (C=S) groups is 1. The largest absolute Gasteiger partial charge is 0.272 e. The molecule has 0 aromatic heterocycles. The Morgan fingerprint density at radius 3 is 2.69 bits per heavy atom. The molecule has 1 aliphatic rings. The second-order valence-electron chi connectivity index (χ2n) is 3.64. The summed E-state index contributed by atoms with van der Waals surface area (Å²) < 4.78 is 0. The van der Waals surface area contributed by atoms with Crippen molar-refractivity contribution in [1.29, 1.82) is 0 Å². The van der Waals surface area contributed by atoms with Gasteiger partial charge in [-0.05, 0) is 24.6 Å². The van der Waals surface area contributed by atoms with Crippen LogP contribution in [0.3, 0.4) is 0 Å². The zero-order chi connectivity index (χ0) is 9.52. The Bertz CT molecular complexity index is 215. The van der Waals surface area contributed by atoms with Crippen LogP contribution in [0.4, 0.5) is 0 Å². The molecule has 0 unspecified atom stereocenters. The average Bonchev–Trinajstić information content (AvgIpc) is 2.17. The second kappa shape index (κ2) is 6.01. The molecule has 13 heavy (non-hydrogen) atoms. The van der Waals surface area contributed by atoms with Crippen molar-refractivity contribution in [3.8, 4) is 0 Å². The van der Waals surface area contributed by atoms with E-state index in [4.69, 9.17) is 0 Å². The topological polar surface area (TPSA) is 29.4 Å². The summed E-state index contributed by atoms with van der Waals surface area (Å²) in [6.45, 7) is 0. The Morgan fingerprint density at radius 2 is 2.08 bits per heavy atom. The van der Waals surface area contributed by atoms with Crippen LogP contribution in [0, 0.1) is 5.92 Å². The molecule has 1 aliphatic carbocycles. The van der Waals surface area contributed by atoms with E-state index in [-0.39, 0.29) is 5.91 Å². The predicted molar refractivity (Wildman–Crippen MR) is 55.8 cm³/mol. The summed E-state index contributed by atoms with van der Waals surface area (Å²) in [6.07, 6.45) is 8.13. The van der Waals surface area contributed by atoms with Crippen LogP contribution in [0.5, 0.6) is 0 Å². The fourth-order valence-electron chi connectivity index (χ4n) is 1.91. The molecule has 0 aromatic carbocycles. The highest BCUT2D eigenvalue weighted by Crippen LogP contribution is 2.27. The number of hydrogen-bond acceptors (Lipinski definition) is 2. The number of isothiocyanates is 1. The van der Waals surface area contributed by atoms with Gasteiger partial charge in [-0.3, -0.25) is 4.79 Å². The summed E-state index contributed by atoms with van der Waals surface area (Å²) in [7, 11) is 0. The molecule has 0 spiro atoms. The lowest BCUT2D eigenvalue weighted by atomic mass is 9.86. The highest BCUT2D eigenvalue weighted by atomic mass is 32.1. The first-order valence-electron chi connectivity index (χ1n) is 4.93. The van der Waals surface area contributed by atoms with Gasteiger partial charge < -0.3 is 0 Å². The number of amides is 1. The first-order valence-corrected chi connectivity index (χ1v) is 5.34. The van der Waals surface area contributed by atoms with Gasteiger partial charge in [-0.2, -0.15) is 4.99 Å². The van der Waals surface area contributed by atoms with Crippen molar-refractivity contribution >= 4 is 23.3 Å². The monoisotopic (exact) mass is 197 g/mol. The quantitative estimate of drug-likeness (QED) is 0.514. The molecule has 0 radical (unpaired) electrons. The van der Waals surface area contributed by atoms with E-state index in [0.29, 0.717) is 6.42 Å². The highest BCUT2D eigenvalue weighted by molar-refractivity contribution is 7.78. The van der Waals surface area contributed by atoms with Crippen LogP contribution in [0.25, 0.3) is 0 Å². The van der Waals surface area contributed by atoms with Gasteiger partial charge in [-0.25, -0.2) is 0 Å². The molecule has 0 aromatic rings. The van der Waals surface area contributed by atoms with Crippen LogP contribution in [-0.4, -0.2) is 11.1 Å². The van der Waals surface area contributed by atoms with Crippen molar-refractivity contribution < 1.29 is 4.79 Å². The van der Waals surface area contributed by atoms with Gasteiger partial charge in [-0.15, -0.1) is 0 Å². The van der Waals surface area contributed by atoms with E-state index in [1.165, 1.54) is 32.1 Å². The minimum atomic E-state index is -0.111. The van der Waals surface area contributed by atoms with Gasteiger partial charge in [0.05, 0.1) is 5.16 Å². The SMILES string of the molecule is O=C(CCC1CCCCC1)N=C=S. The average molecular weight is 197 g/mol. The van der Waals surface area contributed by atoms with Gasteiger partial charge >= 0.3 is 0 Å². The first-order chi connectivity index (χ1) is 6.33. The lowest BCUT2D eigenvalue weighted by molar-refractivity contribution is -0.118. The zero-order valence-electron chi connectivity index (χ0n) is 7.79. The van der Waals surface area contributed by atoms with Gasteiger partial charge in [0.1, 0.15) is 0 Å². The molecule has 1 rings (SSSR count). The third kappa shape index (κ3) is 4.30. The summed E-state index contributed by atoms with van der Waals surface area (Å²) in [6, 6.07) is 0. The molecule has 72 valence electrons. The van der Waals surface area contributed by atoms with Crippen molar-refractivity contribution in [3.63, 3.8) is 0 Å². The van der Waals surface area contributed by atoms with E-state index in [1.807, 2.05) is 0 Å². The Hall–Kier alpha value is -0.530. The first kappa shape index (κ1) is 10.6. The number of nitrogens with zero attached hydrogens (tertiary/aromatic N) is 1. The molecular weight excluding hydrogens is 182 g/mol. The second-order valence-corrected chi connectivity index (χ2v) is 3.82. The van der Waals surface area contributed by atoms with Crippen molar-refractivity contribution in [3.05, 3.63) is 0 Å². The predicted octanol–water partition coefficient (Wildman–Crippen LogP) is 2.98. The van der Waals surface area contributed by atoms with E-state index < -0.39 is 0 Å². The molecule has 0 atom stereocenters. The summed E-state index contributed by atoms with van der Waals surface area (Å²) in [5.74, 6) is 0.638. The van der Waals surface area contributed by atoms with E-state index in [9.17, 15) is 4.79 Å². The Kier molecular flexibility index (Phi) is 4.87. The molecule has 3 heteroatoms. The van der Waals surface area contributed by atoms with Crippen molar-refractivity contribution in [2.45, 2.75) is 44.9 Å². The van der Waals surface area contributed by atoms with E-state index in [2.05, 4.69) is 22.4 Å².